The number of carbonyl (C=O) groups is 1. The van der Waals surface area contributed by atoms with Gasteiger partial charge in [-0.3, -0.25) is 4.79 Å². The smallest absolute Gasteiger partial charge is 0.252 e. The van der Waals surface area contributed by atoms with Gasteiger partial charge in [-0.2, -0.15) is 0 Å². The van der Waals surface area contributed by atoms with Gasteiger partial charge in [-0.25, -0.2) is 0 Å². The average Bonchev–Trinajstić information content (AvgIpc) is 2.91. The first-order valence-corrected chi connectivity index (χ1v) is 7.37. The molecule has 2 fully saturated rings. The van der Waals surface area contributed by atoms with E-state index in [9.17, 15) is 4.79 Å². The molecule has 20 heavy (non-hydrogen) atoms. The highest BCUT2D eigenvalue weighted by Gasteiger charge is 2.50. The molecule has 3 rings (SSSR count). The molecular formula is C15H20ClN3O. The highest BCUT2D eigenvalue weighted by Crippen LogP contribution is 2.44. The van der Waals surface area contributed by atoms with Crippen LogP contribution < -0.4 is 16.0 Å². The van der Waals surface area contributed by atoms with Gasteiger partial charge in [0, 0.05) is 25.2 Å². The van der Waals surface area contributed by atoms with Gasteiger partial charge in [0.2, 0.25) is 0 Å². The number of fused-ring (bicyclic) bond motifs is 1. The van der Waals surface area contributed by atoms with Crippen molar-refractivity contribution in [3.63, 3.8) is 0 Å². The molecule has 4 nitrogen and oxygen atoms in total. The van der Waals surface area contributed by atoms with Crippen LogP contribution in [0.4, 0.5) is 5.69 Å². The number of nitrogens with zero attached hydrogens (tertiary/aromatic N) is 1. The largest absolute Gasteiger partial charge is 0.365 e. The highest BCUT2D eigenvalue weighted by molar-refractivity contribution is 6.34. The van der Waals surface area contributed by atoms with Crippen molar-refractivity contribution in [3.8, 4) is 0 Å². The normalized spacial score (nSPS) is 27.6. The molecule has 5 heteroatoms. The molecule has 108 valence electrons. The predicted octanol–water partition coefficient (Wildman–Crippen LogP) is 1.87. The zero-order valence-corrected chi connectivity index (χ0v) is 12.6. The molecule has 0 bridgehead atoms. The Hall–Kier alpha value is -1.26. The molecule has 2 aliphatic heterocycles. The zero-order valence-electron chi connectivity index (χ0n) is 11.8. The topological polar surface area (TPSA) is 58.4 Å². The molecule has 2 aliphatic rings. The summed E-state index contributed by atoms with van der Waals surface area (Å²) in [5.74, 6) is 0.739. The maximum Gasteiger partial charge on any atom is 0.252 e. The van der Waals surface area contributed by atoms with E-state index in [0.717, 1.165) is 25.3 Å². The monoisotopic (exact) mass is 293 g/mol. The fourth-order valence-electron chi connectivity index (χ4n) is 3.81. The molecule has 3 N–H and O–H groups in total. The standard InChI is InChI=1S/C15H20ClN3O/c1-15(2)10-7-18-6-9(10)8-19(15)12-5-3-4-11(16)13(12)14(17)20/h3-5,9-10,18H,6-8H2,1-2H3,(H2,17,20). The molecule has 2 atom stereocenters. The lowest BCUT2D eigenvalue weighted by Crippen LogP contribution is -2.45. The number of anilines is 1. The van der Waals surface area contributed by atoms with Crippen LogP contribution in [0.15, 0.2) is 18.2 Å². The molecule has 2 heterocycles. The maximum atomic E-state index is 11.8. The lowest BCUT2D eigenvalue weighted by Gasteiger charge is -2.38. The molecular weight excluding hydrogens is 274 g/mol. The Labute approximate surface area is 124 Å². The lowest BCUT2D eigenvalue weighted by molar-refractivity contribution is 0.100. The predicted molar refractivity (Wildman–Crippen MR) is 81.2 cm³/mol. The lowest BCUT2D eigenvalue weighted by atomic mass is 9.84. The van der Waals surface area contributed by atoms with E-state index >= 15 is 0 Å². The van der Waals surface area contributed by atoms with Gasteiger partial charge in [-0.05, 0) is 37.8 Å². The number of carbonyl (C=O) groups excluding carboxylic acids is 1. The van der Waals surface area contributed by atoms with Crippen LogP contribution in [0.1, 0.15) is 24.2 Å². The molecule has 0 spiro atoms. The number of hydrogen-bond donors (Lipinski definition) is 2. The van der Waals surface area contributed by atoms with Crippen molar-refractivity contribution >= 4 is 23.2 Å². The Morgan fingerprint density at radius 3 is 2.85 bits per heavy atom. The second kappa shape index (κ2) is 4.64. The second-order valence-electron chi connectivity index (χ2n) is 6.29. The van der Waals surface area contributed by atoms with E-state index in [1.54, 1.807) is 6.07 Å². The molecule has 1 amide bonds. The van der Waals surface area contributed by atoms with Crippen LogP contribution in [-0.2, 0) is 0 Å². The van der Waals surface area contributed by atoms with Crippen LogP contribution in [0.5, 0.6) is 0 Å². The van der Waals surface area contributed by atoms with E-state index < -0.39 is 5.91 Å². The first kappa shape index (κ1) is 13.7. The number of primary amides is 1. The summed E-state index contributed by atoms with van der Waals surface area (Å²) in [7, 11) is 0. The summed E-state index contributed by atoms with van der Waals surface area (Å²) >= 11 is 6.18. The van der Waals surface area contributed by atoms with Crippen LogP contribution in [0, 0.1) is 11.8 Å². The molecule has 0 aliphatic carbocycles. The molecule has 1 aromatic carbocycles. The number of hydrogen-bond acceptors (Lipinski definition) is 3. The quantitative estimate of drug-likeness (QED) is 0.875. The van der Waals surface area contributed by atoms with Crippen LogP contribution in [0.2, 0.25) is 5.02 Å². The molecule has 1 aromatic rings. The number of rotatable bonds is 2. The summed E-state index contributed by atoms with van der Waals surface area (Å²) in [5.41, 5.74) is 6.82. The molecule has 0 aromatic heterocycles. The number of amides is 1. The van der Waals surface area contributed by atoms with Crippen LogP contribution >= 0.6 is 11.6 Å². The van der Waals surface area contributed by atoms with Gasteiger partial charge in [-0.15, -0.1) is 0 Å². The first-order valence-electron chi connectivity index (χ1n) is 6.99. The third-order valence-corrected chi connectivity index (χ3v) is 5.20. The van der Waals surface area contributed by atoms with E-state index in [1.165, 1.54) is 0 Å². The van der Waals surface area contributed by atoms with Crippen molar-refractivity contribution in [1.82, 2.24) is 5.32 Å². The van der Waals surface area contributed by atoms with E-state index in [1.807, 2.05) is 12.1 Å². The van der Waals surface area contributed by atoms with Gasteiger partial charge in [-0.1, -0.05) is 17.7 Å². The van der Waals surface area contributed by atoms with E-state index in [2.05, 4.69) is 24.1 Å². The third kappa shape index (κ3) is 1.90. The second-order valence-corrected chi connectivity index (χ2v) is 6.69. The molecule has 0 radical (unpaired) electrons. The molecule has 2 unspecified atom stereocenters. The fourth-order valence-corrected chi connectivity index (χ4v) is 4.07. The minimum Gasteiger partial charge on any atom is -0.365 e. The van der Waals surface area contributed by atoms with E-state index in [4.69, 9.17) is 17.3 Å². The van der Waals surface area contributed by atoms with Crippen molar-refractivity contribution < 1.29 is 4.79 Å². The van der Waals surface area contributed by atoms with Crippen LogP contribution in [0.25, 0.3) is 0 Å². The third-order valence-electron chi connectivity index (χ3n) is 4.89. The van der Waals surface area contributed by atoms with Crippen LogP contribution in [-0.4, -0.2) is 31.1 Å². The number of nitrogens with one attached hydrogen (secondary N) is 1. The Morgan fingerprint density at radius 1 is 1.45 bits per heavy atom. The minimum absolute atomic E-state index is 0.0109. The van der Waals surface area contributed by atoms with Gasteiger partial charge in [0.05, 0.1) is 16.3 Å². The SMILES string of the molecule is CC1(C)C2CNCC2CN1c1cccc(Cl)c1C(N)=O. The number of halogens is 1. The van der Waals surface area contributed by atoms with Gasteiger partial charge in [0.15, 0.2) is 0 Å². The van der Waals surface area contributed by atoms with Crippen LogP contribution in [0.3, 0.4) is 0 Å². The van der Waals surface area contributed by atoms with Crippen molar-refractivity contribution in [2.24, 2.45) is 17.6 Å². The first-order chi connectivity index (χ1) is 9.43. The Kier molecular flexibility index (Phi) is 3.18. The highest BCUT2D eigenvalue weighted by atomic mass is 35.5. The van der Waals surface area contributed by atoms with Gasteiger partial charge >= 0.3 is 0 Å². The summed E-state index contributed by atoms with van der Waals surface area (Å²) in [6, 6.07) is 5.55. The average molecular weight is 294 g/mol. The summed E-state index contributed by atoms with van der Waals surface area (Å²) in [6.07, 6.45) is 0. The van der Waals surface area contributed by atoms with Crippen molar-refractivity contribution in [3.05, 3.63) is 28.8 Å². The van der Waals surface area contributed by atoms with E-state index in [0.29, 0.717) is 22.4 Å². The number of benzene rings is 1. The summed E-state index contributed by atoms with van der Waals surface area (Å²) in [6.45, 7) is 7.47. The summed E-state index contributed by atoms with van der Waals surface area (Å²) in [5, 5.41) is 3.89. The Bertz CT molecular complexity index is 558. The Morgan fingerprint density at radius 2 is 2.20 bits per heavy atom. The molecule has 0 saturated carbocycles. The van der Waals surface area contributed by atoms with Crippen molar-refractivity contribution in [2.75, 3.05) is 24.5 Å². The van der Waals surface area contributed by atoms with Crippen molar-refractivity contribution in [2.45, 2.75) is 19.4 Å². The zero-order chi connectivity index (χ0) is 14.5. The summed E-state index contributed by atoms with van der Waals surface area (Å²) in [4.78, 5) is 14.1. The van der Waals surface area contributed by atoms with Gasteiger partial charge < -0.3 is 16.0 Å². The Balaban J connectivity index is 2.06. The summed E-state index contributed by atoms with van der Waals surface area (Å²) < 4.78 is 0. The minimum atomic E-state index is -0.461. The van der Waals surface area contributed by atoms with E-state index in [-0.39, 0.29) is 5.54 Å². The maximum absolute atomic E-state index is 11.8. The van der Waals surface area contributed by atoms with Gasteiger partial charge in [0.25, 0.3) is 5.91 Å². The number of nitrogens with two attached hydrogens (primary N) is 1. The van der Waals surface area contributed by atoms with Crippen molar-refractivity contribution in [1.29, 1.82) is 0 Å². The fraction of sp³-hybridized carbons (Fsp3) is 0.533. The van der Waals surface area contributed by atoms with Gasteiger partial charge in [0.1, 0.15) is 0 Å². The molecule has 2 saturated heterocycles.